The number of carbonyl (C=O) groups is 1. The zero-order valence-electron chi connectivity index (χ0n) is 15.6. The summed E-state index contributed by atoms with van der Waals surface area (Å²) >= 11 is 0. The van der Waals surface area contributed by atoms with Crippen molar-refractivity contribution in [2.24, 2.45) is 0 Å². The largest absolute Gasteiger partial charge is 0.378 e. The van der Waals surface area contributed by atoms with Gasteiger partial charge in [-0.05, 0) is 19.9 Å². The summed E-state index contributed by atoms with van der Waals surface area (Å²) in [5.41, 5.74) is 1.12. The molecule has 27 heavy (non-hydrogen) atoms. The molecule has 0 N–H and O–H groups in total. The van der Waals surface area contributed by atoms with Crippen LogP contribution in [0.1, 0.15) is 19.4 Å². The first-order valence-electron chi connectivity index (χ1n) is 9.26. The lowest BCUT2D eigenvalue weighted by atomic mass is 10.1. The van der Waals surface area contributed by atoms with Crippen LogP contribution in [0.5, 0.6) is 0 Å². The molecule has 0 aliphatic carbocycles. The second-order valence-electron chi connectivity index (χ2n) is 7.24. The van der Waals surface area contributed by atoms with E-state index in [0.29, 0.717) is 50.7 Å². The highest BCUT2D eigenvalue weighted by atomic mass is 32.2. The van der Waals surface area contributed by atoms with Gasteiger partial charge in [0, 0.05) is 31.7 Å². The lowest BCUT2D eigenvalue weighted by molar-refractivity contribution is -0.130. The van der Waals surface area contributed by atoms with Crippen LogP contribution in [0.15, 0.2) is 34.1 Å². The zero-order chi connectivity index (χ0) is 19.2. The molecule has 3 aliphatic heterocycles. The van der Waals surface area contributed by atoms with E-state index in [1.54, 1.807) is 23.1 Å². The lowest BCUT2D eigenvalue weighted by Crippen LogP contribution is -2.46. The Balaban J connectivity index is 1.85. The van der Waals surface area contributed by atoms with Crippen molar-refractivity contribution in [3.05, 3.63) is 34.7 Å². The highest BCUT2D eigenvalue weighted by Gasteiger charge is 2.44. The molecule has 2 saturated heterocycles. The van der Waals surface area contributed by atoms with E-state index in [1.807, 2.05) is 24.8 Å². The molecule has 2 atom stereocenters. The minimum Gasteiger partial charge on any atom is -0.378 e. The van der Waals surface area contributed by atoms with Gasteiger partial charge in [0.2, 0.25) is 9.84 Å². The van der Waals surface area contributed by atoms with Crippen LogP contribution >= 0.6 is 0 Å². The van der Waals surface area contributed by atoms with Gasteiger partial charge in [0.15, 0.2) is 4.91 Å². The van der Waals surface area contributed by atoms with Crippen molar-refractivity contribution in [1.82, 2.24) is 9.80 Å². The Morgan fingerprint density at radius 1 is 1.07 bits per heavy atom. The number of benzene rings is 1. The van der Waals surface area contributed by atoms with E-state index in [1.165, 1.54) is 0 Å². The summed E-state index contributed by atoms with van der Waals surface area (Å²) in [4.78, 5) is 17.0. The first-order valence-corrected chi connectivity index (χ1v) is 10.7. The van der Waals surface area contributed by atoms with Crippen molar-refractivity contribution in [2.75, 3.05) is 39.4 Å². The van der Waals surface area contributed by atoms with Crippen molar-refractivity contribution in [1.29, 1.82) is 0 Å². The fourth-order valence-electron chi connectivity index (χ4n) is 4.06. The average Bonchev–Trinajstić information content (AvgIpc) is 2.89. The maximum absolute atomic E-state index is 13.3. The molecule has 1 aromatic rings. The number of rotatable bonds is 2. The number of hydrogen-bond donors (Lipinski definition) is 0. The Hall–Kier alpha value is -1.90. The fraction of sp³-hybridized carbons (Fsp3) is 0.526. The Bertz CT molecular complexity index is 879. The van der Waals surface area contributed by atoms with Gasteiger partial charge >= 0.3 is 0 Å². The Morgan fingerprint density at radius 3 is 2.37 bits per heavy atom. The molecular weight excluding hydrogens is 368 g/mol. The van der Waals surface area contributed by atoms with Gasteiger partial charge in [0.1, 0.15) is 0 Å². The quantitative estimate of drug-likeness (QED) is 0.751. The van der Waals surface area contributed by atoms with Crippen molar-refractivity contribution in [3.8, 4) is 0 Å². The molecule has 1 amide bonds. The van der Waals surface area contributed by atoms with Gasteiger partial charge in [-0.15, -0.1) is 0 Å². The van der Waals surface area contributed by atoms with E-state index >= 15 is 0 Å². The molecule has 0 saturated carbocycles. The van der Waals surface area contributed by atoms with Gasteiger partial charge in [-0.25, -0.2) is 8.42 Å². The molecular formula is C19H24N2O5S. The van der Waals surface area contributed by atoms with Gasteiger partial charge in [-0.2, -0.15) is 0 Å². The molecule has 7 nitrogen and oxygen atoms in total. The monoisotopic (exact) mass is 392 g/mol. The molecule has 0 radical (unpaired) electrons. The average molecular weight is 392 g/mol. The Labute approximate surface area is 159 Å². The number of amides is 1. The Morgan fingerprint density at radius 2 is 1.70 bits per heavy atom. The third kappa shape index (κ3) is 3.15. The van der Waals surface area contributed by atoms with E-state index in [4.69, 9.17) is 9.47 Å². The SMILES string of the molecule is CC1CN(C2=C(C(=O)N3CCOCC3)S(=O)(=O)c3ccccc32)CC(C)O1. The van der Waals surface area contributed by atoms with E-state index < -0.39 is 15.7 Å². The van der Waals surface area contributed by atoms with Crippen LogP contribution < -0.4 is 0 Å². The topological polar surface area (TPSA) is 76.2 Å². The van der Waals surface area contributed by atoms with E-state index in [0.717, 1.165) is 0 Å². The first-order chi connectivity index (χ1) is 12.9. The highest BCUT2D eigenvalue weighted by Crippen LogP contribution is 2.42. The Kier molecular flexibility index (Phi) is 4.73. The van der Waals surface area contributed by atoms with Crippen molar-refractivity contribution in [2.45, 2.75) is 31.0 Å². The minimum absolute atomic E-state index is 0.0449. The number of hydrogen-bond acceptors (Lipinski definition) is 6. The van der Waals surface area contributed by atoms with Crippen LogP contribution in [0, 0.1) is 0 Å². The van der Waals surface area contributed by atoms with E-state index in [2.05, 4.69) is 0 Å². The molecule has 3 aliphatic rings. The van der Waals surface area contributed by atoms with Crippen LogP contribution in [0.2, 0.25) is 0 Å². The molecule has 0 spiro atoms. The molecule has 2 fully saturated rings. The maximum atomic E-state index is 13.3. The van der Waals surface area contributed by atoms with Crippen molar-refractivity contribution < 1.29 is 22.7 Å². The second-order valence-corrected chi connectivity index (χ2v) is 9.10. The number of morpholine rings is 2. The summed E-state index contributed by atoms with van der Waals surface area (Å²) < 4.78 is 37.7. The first kappa shape index (κ1) is 18.5. The number of nitrogens with zero attached hydrogens (tertiary/aromatic N) is 2. The molecule has 0 bridgehead atoms. The molecule has 146 valence electrons. The molecule has 1 aromatic carbocycles. The summed E-state index contributed by atoms with van der Waals surface area (Å²) in [5, 5.41) is 0. The third-order valence-corrected chi connectivity index (χ3v) is 6.98. The zero-order valence-corrected chi connectivity index (χ0v) is 16.4. The van der Waals surface area contributed by atoms with Gasteiger partial charge in [0.25, 0.3) is 5.91 Å². The van der Waals surface area contributed by atoms with Crippen molar-refractivity contribution in [3.63, 3.8) is 0 Å². The molecule has 3 heterocycles. The summed E-state index contributed by atoms with van der Waals surface area (Å²) in [6, 6.07) is 6.87. The molecule has 4 rings (SSSR count). The van der Waals surface area contributed by atoms with Crippen LogP contribution in [0.3, 0.4) is 0 Å². The highest BCUT2D eigenvalue weighted by molar-refractivity contribution is 7.97. The minimum atomic E-state index is -3.86. The number of carbonyl (C=O) groups excluding carboxylic acids is 1. The predicted octanol–water partition coefficient (Wildman–Crippen LogP) is 1.11. The second kappa shape index (κ2) is 6.92. The van der Waals surface area contributed by atoms with E-state index in [-0.39, 0.29) is 22.0 Å². The standard InChI is InChI=1S/C19H24N2O5S/c1-13-11-21(12-14(2)26-13)17-15-5-3-4-6-16(15)27(23,24)18(17)19(22)20-7-9-25-10-8-20/h3-6,13-14H,7-12H2,1-2H3. The van der Waals surface area contributed by atoms with Crippen molar-refractivity contribution >= 4 is 21.4 Å². The summed E-state index contributed by atoms with van der Waals surface area (Å²) in [6.45, 7) is 6.66. The number of sulfone groups is 1. The summed E-state index contributed by atoms with van der Waals surface area (Å²) in [5.74, 6) is -0.434. The van der Waals surface area contributed by atoms with Crippen LogP contribution in [0.4, 0.5) is 0 Å². The molecule has 0 aromatic heterocycles. The van der Waals surface area contributed by atoms with Crippen LogP contribution in [-0.2, 0) is 24.1 Å². The normalized spacial score (nSPS) is 27.6. The van der Waals surface area contributed by atoms with Crippen LogP contribution in [0.25, 0.3) is 5.70 Å². The van der Waals surface area contributed by atoms with Gasteiger partial charge < -0.3 is 19.3 Å². The smallest absolute Gasteiger partial charge is 0.268 e. The fourth-order valence-corrected chi connectivity index (χ4v) is 5.84. The number of fused-ring (bicyclic) bond motifs is 1. The molecule has 8 heteroatoms. The summed E-state index contributed by atoms with van der Waals surface area (Å²) in [7, 11) is -3.86. The van der Waals surface area contributed by atoms with Gasteiger partial charge in [-0.1, -0.05) is 18.2 Å². The van der Waals surface area contributed by atoms with Crippen LogP contribution in [-0.4, -0.2) is 75.7 Å². The number of ether oxygens (including phenoxy) is 2. The maximum Gasteiger partial charge on any atom is 0.268 e. The van der Waals surface area contributed by atoms with Gasteiger partial charge in [-0.3, -0.25) is 4.79 Å². The molecule has 2 unspecified atom stereocenters. The third-order valence-electron chi connectivity index (χ3n) is 5.14. The predicted molar refractivity (Wildman–Crippen MR) is 99.5 cm³/mol. The summed E-state index contributed by atoms with van der Waals surface area (Å²) in [6.07, 6.45) is -0.0899. The van der Waals surface area contributed by atoms with Gasteiger partial charge in [0.05, 0.1) is 36.0 Å². The van der Waals surface area contributed by atoms with E-state index in [9.17, 15) is 13.2 Å². The lowest BCUT2D eigenvalue weighted by Gasteiger charge is -2.38.